The maximum Gasteiger partial charge on any atom is 0.338 e. The number of aryl methyl sites for hydroxylation is 2. The highest BCUT2D eigenvalue weighted by molar-refractivity contribution is 7.99. The molecule has 0 unspecified atom stereocenters. The van der Waals surface area contributed by atoms with Crippen LogP contribution in [-0.4, -0.2) is 30.8 Å². The number of rotatable bonds is 7. The molecule has 0 spiro atoms. The van der Waals surface area contributed by atoms with Crippen LogP contribution in [0.3, 0.4) is 0 Å². The van der Waals surface area contributed by atoms with Crippen molar-refractivity contribution in [2.45, 2.75) is 18.7 Å². The molecule has 126 valence electrons. The number of hydrogen-bond donors (Lipinski definition) is 1. The van der Waals surface area contributed by atoms with Crippen molar-refractivity contribution in [2.75, 3.05) is 18.9 Å². The van der Waals surface area contributed by atoms with Gasteiger partial charge in [-0.3, -0.25) is 4.79 Å². The lowest BCUT2D eigenvalue weighted by atomic mass is 10.1. The van der Waals surface area contributed by atoms with E-state index in [9.17, 15) is 9.59 Å². The summed E-state index contributed by atoms with van der Waals surface area (Å²) in [7, 11) is 0. The highest BCUT2D eigenvalue weighted by Crippen LogP contribution is 2.15. The average molecular weight is 343 g/mol. The van der Waals surface area contributed by atoms with E-state index < -0.39 is 5.97 Å². The molecule has 24 heavy (non-hydrogen) atoms. The van der Waals surface area contributed by atoms with Gasteiger partial charge in [0.2, 0.25) is 0 Å². The van der Waals surface area contributed by atoms with E-state index in [1.165, 1.54) is 0 Å². The van der Waals surface area contributed by atoms with Crippen LogP contribution in [0, 0.1) is 13.8 Å². The van der Waals surface area contributed by atoms with E-state index in [0.717, 1.165) is 21.8 Å². The van der Waals surface area contributed by atoms with Gasteiger partial charge in [0.1, 0.15) is 0 Å². The van der Waals surface area contributed by atoms with E-state index in [1.54, 1.807) is 17.8 Å². The molecule has 0 radical (unpaired) electrons. The third-order valence-corrected chi connectivity index (χ3v) is 4.40. The summed E-state index contributed by atoms with van der Waals surface area (Å²) in [6.45, 7) is 4.02. The predicted molar refractivity (Wildman–Crippen MR) is 96.4 cm³/mol. The molecule has 2 rings (SSSR count). The number of esters is 1. The Balaban J connectivity index is 1.69. The molecule has 0 saturated carbocycles. The van der Waals surface area contributed by atoms with Gasteiger partial charge in [-0.1, -0.05) is 35.9 Å². The van der Waals surface area contributed by atoms with Crippen molar-refractivity contribution in [3.8, 4) is 0 Å². The number of amides is 1. The normalized spacial score (nSPS) is 10.2. The Morgan fingerprint density at radius 1 is 1.08 bits per heavy atom. The number of thioether (sulfide) groups is 1. The second-order valence-corrected chi connectivity index (χ2v) is 6.57. The summed E-state index contributed by atoms with van der Waals surface area (Å²) in [6.07, 6.45) is 0. The van der Waals surface area contributed by atoms with E-state index in [0.29, 0.717) is 12.1 Å². The van der Waals surface area contributed by atoms with Crippen molar-refractivity contribution in [3.63, 3.8) is 0 Å². The first kappa shape index (κ1) is 18.1. The Kier molecular flexibility index (Phi) is 6.88. The Hall–Kier alpha value is -2.27. The van der Waals surface area contributed by atoms with Crippen LogP contribution in [0.25, 0.3) is 0 Å². The molecular weight excluding hydrogens is 322 g/mol. The largest absolute Gasteiger partial charge is 0.452 e. The van der Waals surface area contributed by atoms with Crippen molar-refractivity contribution in [2.24, 2.45) is 0 Å². The SMILES string of the molecule is Cc1ccc(C)c(C(=O)OCC(=O)NCCSc2ccccc2)c1. The van der Waals surface area contributed by atoms with Crippen LogP contribution in [0.15, 0.2) is 53.4 Å². The van der Waals surface area contributed by atoms with E-state index in [2.05, 4.69) is 5.32 Å². The van der Waals surface area contributed by atoms with Gasteiger partial charge < -0.3 is 10.1 Å². The van der Waals surface area contributed by atoms with Gasteiger partial charge >= 0.3 is 5.97 Å². The quantitative estimate of drug-likeness (QED) is 0.476. The monoisotopic (exact) mass is 343 g/mol. The van der Waals surface area contributed by atoms with Crippen LogP contribution in [0.4, 0.5) is 0 Å². The van der Waals surface area contributed by atoms with Gasteiger partial charge in [0, 0.05) is 17.2 Å². The molecule has 0 aliphatic rings. The zero-order chi connectivity index (χ0) is 17.4. The second-order valence-electron chi connectivity index (χ2n) is 5.41. The van der Waals surface area contributed by atoms with E-state index in [-0.39, 0.29) is 12.5 Å². The third-order valence-electron chi connectivity index (χ3n) is 3.38. The minimum atomic E-state index is -0.468. The van der Waals surface area contributed by atoms with Gasteiger partial charge in [-0.25, -0.2) is 4.79 Å². The maximum absolute atomic E-state index is 12.0. The smallest absolute Gasteiger partial charge is 0.338 e. The first-order chi connectivity index (χ1) is 11.6. The molecule has 2 aromatic carbocycles. The van der Waals surface area contributed by atoms with Gasteiger partial charge in [0.25, 0.3) is 5.91 Å². The van der Waals surface area contributed by atoms with E-state index in [4.69, 9.17) is 4.74 Å². The summed E-state index contributed by atoms with van der Waals surface area (Å²) in [4.78, 5) is 24.9. The molecule has 0 fully saturated rings. The van der Waals surface area contributed by atoms with Gasteiger partial charge in [0.05, 0.1) is 5.56 Å². The minimum Gasteiger partial charge on any atom is -0.452 e. The first-order valence-electron chi connectivity index (χ1n) is 7.75. The van der Waals surface area contributed by atoms with Gasteiger partial charge in [-0.05, 0) is 37.6 Å². The van der Waals surface area contributed by atoms with Crippen LogP contribution < -0.4 is 5.32 Å². The molecule has 0 heterocycles. The van der Waals surface area contributed by atoms with Crippen molar-refractivity contribution in [1.29, 1.82) is 0 Å². The summed E-state index contributed by atoms with van der Waals surface area (Å²) >= 11 is 1.66. The summed E-state index contributed by atoms with van der Waals surface area (Å²) in [5, 5.41) is 2.75. The zero-order valence-corrected chi connectivity index (χ0v) is 14.7. The number of benzene rings is 2. The molecule has 5 heteroatoms. The second kappa shape index (κ2) is 9.13. The molecule has 1 amide bonds. The van der Waals surface area contributed by atoms with E-state index in [1.807, 2.05) is 56.3 Å². The number of nitrogens with one attached hydrogen (secondary N) is 1. The van der Waals surface area contributed by atoms with Gasteiger partial charge in [-0.15, -0.1) is 11.8 Å². The molecule has 1 N–H and O–H groups in total. The topological polar surface area (TPSA) is 55.4 Å². The third kappa shape index (κ3) is 5.74. The zero-order valence-electron chi connectivity index (χ0n) is 13.9. The molecule has 0 bridgehead atoms. The van der Waals surface area contributed by atoms with Crippen molar-refractivity contribution in [1.82, 2.24) is 5.32 Å². The van der Waals surface area contributed by atoms with Crippen molar-refractivity contribution < 1.29 is 14.3 Å². The number of ether oxygens (including phenoxy) is 1. The summed E-state index contributed by atoms with van der Waals surface area (Å²) in [5.74, 6) is 0.00747. The Bertz CT molecular complexity index is 701. The summed E-state index contributed by atoms with van der Waals surface area (Å²) in [6, 6.07) is 15.6. The summed E-state index contributed by atoms with van der Waals surface area (Å²) < 4.78 is 5.08. The van der Waals surface area contributed by atoms with Gasteiger partial charge in [0.15, 0.2) is 6.61 Å². The molecule has 0 atom stereocenters. The van der Waals surface area contributed by atoms with Crippen molar-refractivity contribution >= 4 is 23.6 Å². The van der Waals surface area contributed by atoms with Crippen LogP contribution in [0.1, 0.15) is 21.5 Å². The number of carbonyl (C=O) groups is 2. The Labute approximate surface area is 146 Å². The number of hydrogen-bond acceptors (Lipinski definition) is 4. The van der Waals surface area contributed by atoms with E-state index >= 15 is 0 Å². The lowest BCUT2D eigenvalue weighted by molar-refractivity contribution is -0.124. The number of carbonyl (C=O) groups excluding carboxylic acids is 2. The molecule has 2 aromatic rings. The summed E-state index contributed by atoms with van der Waals surface area (Å²) in [5.41, 5.74) is 2.32. The molecule has 4 nitrogen and oxygen atoms in total. The van der Waals surface area contributed by atoms with Crippen LogP contribution in [-0.2, 0) is 9.53 Å². The first-order valence-corrected chi connectivity index (χ1v) is 8.74. The molecular formula is C19H21NO3S. The fourth-order valence-electron chi connectivity index (χ4n) is 2.09. The Morgan fingerprint density at radius 2 is 1.83 bits per heavy atom. The van der Waals surface area contributed by atoms with Gasteiger partial charge in [-0.2, -0.15) is 0 Å². The standard InChI is InChI=1S/C19H21NO3S/c1-14-8-9-15(2)17(12-14)19(22)23-13-18(21)20-10-11-24-16-6-4-3-5-7-16/h3-9,12H,10-11,13H2,1-2H3,(H,20,21). The fraction of sp³-hybridized carbons (Fsp3) is 0.263. The predicted octanol–water partition coefficient (Wildman–Crippen LogP) is 3.37. The van der Waals surface area contributed by atoms with Crippen LogP contribution >= 0.6 is 11.8 Å². The van der Waals surface area contributed by atoms with Crippen molar-refractivity contribution in [3.05, 3.63) is 65.2 Å². The molecule has 0 aliphatic carbocycles. The van der Waals surface area contributed by atoms with Crippen LogP contribution in [0.5, 0.6) is 0 Å². The maximum atomic E-state index is 12.0. The minimum absolute atomic E-state index is 0.262. The molecule has 0 aromatic heterocycles. The van der Waals surface area contributed by atoms with Crippen LogP contribution in [0.2, 0.25) is 0 Å². The lowest BCUT2D eigenvalue weighted by Crippen LogP contribution is -2.30. The Morgan fingerprint density at radius 3 is 2.58 bits per heavy atom. The molecule has 0 saturated heterocycles. The fourth-order valence-corrected chi connectivity index (χ4v) is 2.88. The lowest BCUT2D eigenvalue weighted by Gasteiger charge is -2.08. The molecule has 0 aliphatic heterocycles. The highest BCUT2D eigenvalue weighted by Gasteiger charge is 2.12. The highest BCUT2D eigenvalue weighted by atomic mass is 32.2. The average Bonchev–Trinajstić information content (AvgIpc) is 2.59.